The molecule has 1 amide bonds. The molecular weight excluding hydrogens is 268 g/mol. The van der Waals surface area contributed by atoms with Crippen molar-refractivity contribution in [2.45, 2.75) is 25.0 Å². The van der Waals surface area contributed by atoms with Crippen LogP contribution in [-0.2, 0) is 9.59 Å². The Morgan fingerprint density at radius 1 is 1.40 bits per heavy atom. The Bertz CT molecular complexity index is 303. The molecule has 0 aliphatic carbocycles. The lowest BCUT2D eigenvalue weighted by Gasteiger charge is -2.19. The van der Waals surface area contributed by atoms with Gasteiger partial charge in [0, 0.05) is 32.6 Å². The number of aliphatic carboxylic acids is 1. The summed E-state index contributed by atoms with van der Waals surface area (Å²) in [6.45, 7) is 0.341. The molecule has 2 atom stereocenters. The summed E-state index contributed by atoms with van der Waals surface area (Å²) in [5.74, 6) is -1.46. The lowest BCUT2D eigenvalue weighted by molar-refractivity contribution is -0.139. The highest BCUT2D eigenvalue weighted by Gasteiger charge is 2.15. The Morgan fingerprint density at radius 2 is 2.05 bits per heavy atom. The van der Waals surface area contributed by atoms with Crippen molar-refractivity contribution < 1.29 is 24.9 Å². The molecule has 0 radical (unpaired) electrons. The Balaban J connectivity index is 3.86. The normalized spacial score (nSPS) is 14.1. The van der Waals surface area contributed by atoms with E-state index in [1.807, 2.05) is 0 Å². The molecule has 0 rings (SSSR count). The SMILES string of the molecule is CN(CC(=O)O)NC(=O)C[C@H](N)C[C@@H](O)CNCCO. The summed E-state index contributed by atoms with van der Waals surface area (Å²) in [4.78, 5) is 21.9. The highest BCUT2D eigenvalue weighted by atomic mass is 16.4. The van der Waals surface area contributed by atoms with Crippen molar-refractivity contribution in [2.24, 2.45) is 5.73 Å². The van der Waals surface area contributed by atoms with Gasteiger partial charge in [-0.1, -0.05) is 0 Å². The Kier molecular flexibility index (Phi) is 9.86. The van der Waals surface area contributed by atoms with Crippen LogP contribution in [0.1, 0.15) is 12.8 Å². The number of carbonyl (C=O) groups is 2. The zero-order chi connectivity index (χ0) is 15.5. The average Bonchev–Trinajstić information content (AvgIpc) is 2.26. The van der Waals surface area contributed by atoms with Crippen LogP contribution in [0.15, 0.2) is 0 Å². The fourth-order valence-electron chi connectivity index (χ4n) is 1.60. The van der Waals surface area contributed by atoms with E-state index in [-0.39, 0.29) is 32.5 Å². The molecule has 0 unspecified atom stereocenters. The molecule has 7 N–H and O–H groups in total. The van der Waals surface area contributed by atoms with Crippen LogP contribution in [0.25, 0.3) is 0 Å². The topological polar surface area (TPSA) is 148 Å². The molecule has 0 fully saturated rings. The third kappa shape index (κ3) is 10.6. The van der Waals surface area contributed by atoms with Gasteiger partial charge in [0.05, 0.1) is 12.7 Å². The third-order valence-corrected chi connectivity index (χ3v) is 2.38. The monoisotopic (exact) mass is 292 g/mol. The largest absolute Gasteiger partial charge is 0.480 e. The number of hydrazine groups is 1. The number of hydrogen-bond acceptors (Lipinski definition) is 7. The molecule has 0 spiro atoms. The second-order valence-electron chi connectivity index (χ2n) is 4.57. The number of carbonyl (C=O) groups excluding carboxylic acids is 1. The van der Waals surface area contributed by atoms with Crippen LogP contribution in [-0.4, -0.2) is 77.6 Å². The highest BCUT2D eigenvalue weighted by molar-refractivity contribution is 5.76. The second kappa shape index (κ2) is 10.5. The number of aliphatic hydroxyl groups is 2. The molecule has 0 aromatic carbocycles. The van der Waals surface area contributed by atoms with Crippen molar-refractivity contribution in [3.05, 3.63) is 0 Å². The Hall–Kier alpha value is -1.26. The van der Waals surface area contributed by atoms with Crippen molar-refractivity contribution in [1.82, 2.24) is 15.8 Å². The number of nitrogens with two attached hydrogens (primary N) is 1. The summed E-state index contributed by atoms with van der Waals surface area (Å²) in [6, 6.07) is -0.529. The van der Waals surface area contributed by atoms with Gasteiger partial charge in [0.15, 0.2) is 0 Å². The minimum absolute atomic E-state index is 0.0129. The lowest BCUT2D eigenvalue weighted by atomic mass is 10.1. The van der Waals surface area contributed by atoms with E-state index >= 15 is 0 Å². The zero-order valence-electron chi connectivity index (χ0n) is 11.6. The molecule has 0 aromatic heterocycles. The maximum Gasteiger partial charge on any atom is 0.319 e. The molecule has 0 aromatic rings. The smallest absolute Gasteiger partial charge is 0.319 e. The fourth-order valence-corrected chi connectivity index (χ4v) is 1.60. The van der Waals surface area contributed by atoms with E-state index in [1.165, 1.54) is 7.05 Å². The standard InChI is InChI=1S/C11H24N4O5/c1-15(7-11(19)20)14-10(18)5-8(12)4-9(17)6-13-2-3-16/h8-9,13,16-17H,2-7,12H2,1H3,(H,14,18)(H,19,20)/t8-,9-/m1/s1. The number of nitrogens with one attached hydrogen (secondary N) is 2. The predicted molar refractivity (Wildman–Crippen MR) is 71.6 cm³/mol. The summed E-state index contributed by atoms with van der Waals surface area (Å²) in [5.41, 5.74) is 8.09. The van der Waals surface area contributed by atoms with Crippen LogP contribution >= 0.6 is 0 Å². The number of carboxylic acid groups (broad SMARTS) is 1. The van der Waals surface area contributed by atoms with Gasteiger partial charge in [-0.05, 0) is 6.42 Å². The summed E-state index contributed by atoms with van der Waals surface area (Å²) in [7, 11) is 1.44. The maximum atomic E-state index is 11.5. The van der Waals surface area contributed by atoms with E-state index in [0.29, 0.717) is 6.54 Å². The van der Waals surface area contributed by atoms with E-state index in [0.717, 1.165) is 5.01 Å². The fraction of sp³-hybridized carbons (Fsp3) is 0.818. The van der Waals surface area contributed by atoms with Crippen molar-refractivity contribution in [1.29, 1.82) is 0 Å². The number of rotatable bonds is 11. The van der Waals surface area contributed by atoms with Crippen LogP contribution < -0.4 is 16.5 Å². The summed E-state index contributed by atoms with van der Waals surface area (Å²) >= 11 is 0. The maximum absolute atomic E-state index is 11.5. The zero-order valence-corrected chi connectivity index (χ0v) is 11.6. The van der Waals surface area contributed by atoms with E-state index in [4.69, 9.17) is 15.9 Å². The third-order valence-electron chi connectivity index (χ3n) is 2.38. The van der Waals surface area contributed by atoms with Gasteiger partial charge in [0.2, 0.25) is 5.91 Å². The first-order valence-electron chi connectivity index (χ1n) is 6.32. The van der Waals surface area contributed by atoms with Crippen molar-refractivity contribution in [3.8, 4) is 0 Å². The molecule has 20 heavy (non-hydrogen) atoms. The number of carboxylic acids is 1. The van der Waals surface area contributed by atoms with Gasteiger partial charge in [0.25, 0.3) is 0 Å². The second-order valence-corrected chi connectivity index (χ2v) is 4.57. The Morgan fingerprint density at radius 3 is 2.60 bits per heavy atom. The van der Waals surface area contributed by atoms with Gasteiger partial charge in [-0.15, -0.1) is 0 Å². The van der Waals surface area contributed by atoms with Gasteiger partial charge in [-0.2, -0.15) is 0 Å². The minimum atomic E-state index is -1.05. The summed E-state index contributed by atoms with van der Waals surface area (Å²) in [5, 5.41) is 30.7. The molecule has 118 valence electrons. The van der Waals surface area contributed by atoms with Crippen LogP contribution in [0.4, 0.5) is 0 Å². The number of hydrogen-bond donors (Lipinski definition) is 6. The number of nitrogens with zero attached hydrogens (tertiary/aromatic N) is 1. The van der Waals surface area contributed by atoms with E-state index < -0.39 is 24.0 Å². The van der Waals surface area contributed by atoms with Crippen LogP contribution in [0.2, 0.25) is 0 Å². The van der Waals surface area contributed by atoms with Gasteiger partial charge < -0.3 is 26.4 Å². The summed E-state index contributed by atoms with van der Waals surface area (Å²) in [6.07, 6.45) is -0.490. The molecular formula is C11H24N4O5. The first kappa shape index (κ1) is 18.7. The highest BCUT2D eigenvalue weighted by Crippen LogP contribution is 2.00. The van der Waals surface area contributed by atoms with Gasteiger partial charge in [0.1, 0.15) is 6.54 Å². The van der Waals surface area contributed by atoms with E-state index in [1.54, 1.807) is 0 Å². The molecule has 9 heteroatoms. The van der Waals surface area contributed by atoms with Gasteiger partial charge in [-0.25, -0.2) is 5.01 Å². The summed E-state index contributed by atoms with van der Waals surface area (Å²) < 4.78 is 0. The quantitative estimate of drug-likeness (QED) is 0.175. The first-order valence-corrected chi connectivity index (χ1v) is 6.32. The predicted octanol–water partition coefficient (Wildman–Crippen LogP) is -2.92. The first-order chi connectivity index (χ1) is 9.35. The van der Waals surface area contributed by atoms with E-state index in [2.05, 4.69) is 10.7 Å². The molecule has 0 saturated carbocycles. The lowest BCUT2D eigenvalue weighted by Crippen LogP contribution is -2.44. The molecule has 9 nitrogen and oxygen atoms in total. The van der Waals surface area contributed by atoms with Crippen LogP contribution in [0.5, 0.6) is 0 Å². The van der Waals surface area contributed by atoms with Gasteiger partial charge in [-0.3, -0.25) is 15.0 Å². The molecule has 0 bridgehead atoms. The minimum Gasteiger partial charge on any atom is -0.480 e. The average molecular weight is 292 g/mol. The number of amides is 1. The van der Waals surface area contributed by atoms with Crippen LogP contribution in [0.3, 0.4) is 0 Å². The molecule has 0 saturated heterocycles. The van der Waals surface area contributed by atoms with Gasteiger partial charge >= 0.3 is 5.97 Å². The number of aliphatic hydroxyl groups excluding tert-OH is 2. The van der Waals surface area contributed by atoms with Crippen LogP contribution in [0, 0.1) is 0 Å². The van der Waals surface area contributed by atoms with Crippen molar-refractivity contribution >= 4 is 11.9 Å². The molecule has 0 aliphatic rings. The number of likely N-dealkylation sites (N-methyl/N-ethyl adjacent to an activating group) is 1. The van der Waals surface area contributed by atoms with Crippen molar-refractivity contribution in [2.75, 3.05) is 33.3 Å². The Labute approximate surface area is 117 Å². The van der Waals surface area contributed by atoms with Crippen molar-refractivity contribution in [3.63, 3.8) is 0 Å². The van der Waals surface area contributed by atoms with E-state index in [9.17, 15) is 14.7 Å². The molecule has 0 aliphatic heterocycles. The molecule has 0 heterocycles.